The van der Waals surface area contributed by atoms with Gasteiger partial charge in [0, 0.05) is 17.7 Å². The van der Waals surface area contributed by atoms with Gasteiger partial charge in [0.1, 0.15) is 12.1 Å². The molecule has 0 bridgehead atoms. The molecule has 1 aromatic carbocycles. The number of nitrogens with one attached hydrogen (secondary N) is 1. The zero-order valence-corrected chi connectivity index (χ0v) is 13.0. The molecule has 0 amide bonds. The van der Waals surface area contributed by atoms with E-state index in [4.69, 9.17) is 0 Å². The van der Waals surface area contributed by atoms with E-state index in [-0.39, 0.29) is 0 Å². The highest BCUT2D eigenvalue weighted by Gasteiger charge is 2.17. The lowest BCUT2D eigenvalue weighted by molar-refractivity contribution is 0.849. The Balaban J connectivity index is 2.67. The van der Waals surface area contributed by atoms with Crippen molar-refractivity contribution >= 4 is 5.82 Å². The highest BCUT2D eigenvalue weighted by Crippen LogP contribution is 2.33. The largest absolute Gasteiger partial charge is 0.370 e. The van der Waals surface area contributed by atoms with Crippen LogP contribution in [0.3, 0.4) is 0 Å². The normalized spacial score (nSPS) is 10.9. The van der Waals surface area contributed by atoms with Gasteiger partial charge in [0.25, 0.3) is 0 Å². The molecule has 0 saturated heterocycles. The van der Waals surface area contributed by atoms with Crippen molar-refractivity contribution in [2.45, 2.75) is 40.5 Å². The van der Waals surface area contributed by atoms with Crippen molar-refractivity contribution < 1.29 is 0 Å². The summed E-state index contributed by atoms with van der Waals surface area (Å²) >= 11 is 0. The van der Waals surface area contributed by atoms with E-state index >= 15 is 0 Å². The Bertz CT molecular complexity index is 603. The Labute approximate surface area is 121 Å². The van der Waals surface area contributed by atoms with E-state index in [9.17, 15) is 0 Å². The van der Waals surface area contributed by atoms with Crippen LogP contribution in [0, 0.1) is 13.8 Å². The van der Waals surface area contributed by atoms with E-state index < -0.39 is 0 Å². The van der Waals surface area contributed by atoms with E-state index in [2.05, 4.69) is 68.1 Å². The van der Waals surface area contributed by atoms with Crippen molar-refractivity contribution in [3.05, 3.63) is 41.2 Å². The molecule has 3 heteroatoms. The zero-order valence-electron chi connectivity index (χ0n) is 13.0. The third-order valence-electron chi connectivity index (χ3n) is 3.45. The second-order valence-corrected chi connectivity index (χ2v) is 5.49. The summed E-state index contributed by atoms with van der Waals surface area (Å²) in [6.07, 6.45) is 1.65. The minimum atomic E-state index is 0.375. The molecular formula is C17H23N3. The highest BCUT2D eigenvalue weighted by molar-refractivity contribution is 5.72. The lowest BCUT2D eigenvalue weighted by Gasteiger charge is -2.18. The highest BCUT2D eigenvalue weighted by atomic mass is 15.0. The number of nitrogens with zero attached hydrogens (tertiary/aromatic N) is 2. The summed E-state index contributed by atoms with van der Waals surface area (Å²) in [5, 5.41) is 3.35. The van der Waals surface area contributed by atoms with Crippen molar-refractivity contribution in [2.75, 3.05) is 11.9 Å². The van der Waals surface area contributed by atoms with Crippen LogP contribution in [-0.2, 0) is 0 Å². The van der Waals surface area contributed by atoms with Gasteiger partial charge in [-0.05, 0) is 38.3 Å². The fourth-order valence-corrected chi connectivity index (χ4v) is 2.46. The number of benzene rings is 1. The van der Waals surface area contributed by atoms with Crippen LogP contribution < -0.4 is 5.32 Å². The van der Waals surface area contributed by atoms with Crippen LogP contribution in [0.2, 0.25) is 0 Å². The topological polar surface area (TPSA) is 37.8 Å². The Morgan fingerprint density at radius 1 is 1.15 bits per heavy atom. The SMILES string of the molecule is CCNc1ncnc(-c2cc(C)ccc2C)c1C(C)C. The molecule has 0 aliphatic rings. The van der Waals surface area contributed by atoms with E-state index in [1.54, 1.807) is 6.33 Å². The maximum absolute atomic E-state index is 4.56. The van der Waals surface area contributed by atoms with E-state index in [1.807, 2.05) is 0 Å². The van der Waals surface area contributed by atoms with Crippen LogP contribution in [0.4, 0.5) is 5.82 Å². The Morgan fingerprint density at radius 2 is 1.90 bits per heavy atom. The molecular weight excluding hydrogens is 246 g/mol. The second kappa shape index (κ2) is 6.04. The van der Waals surface area contributed by atoms with Gasteiger partial charge < -0.3 is 5.32 Å². The quantitative estimate of drug-likeness (QED) is 0.898. The molecule has 0 aliphatic carbocycles. The number of rotatable bonds is 4. The molecule has 0 unspecified atom stereocenters. The van der Waals surface area contributed by atoms with E-state index in [1.165, 1.54) is 22.3 Å². The summed E-state index contributed by atoms with van der Waals surface area (Å²) < 4.78 is 0. The Kier molecular flexibility index (Phi) is 4.38. The van der Waals surface area contributed by atoms with Gasteiger partial charge in [0.2, 0.25) is 0 Å². The average molecular weight is 269 g/mol. The lowest BCUT2D eigenvalue weighted by Crippen LogP contribution is -2.08. The van der Waals surface area contributed by atoms with Crippen molar-refractivity contribution in [1.29, 1.82) is 0 Å². The maximum atomic E-state index is 4.56. The molecule has 20 heavy (non-hydrogen) atoms. The summed E-state index contributed by atoms with van der Waals surface area (Å²) in [6, 6.07) is 6.50. The summed E-state index contributed by atoms with van der Waals surface area (Å²) in [4.78, 5) is 8.97. The molecule has 0 radical (unpaired) electrons. The molecule has 0 fully saturated rings. The van der Waals surface area contributed by atoms with Crippen LogP contribution in [0.25, 0.3) is 11.3 Å². The number of aryl methyl sites for hydroxylation is 2. The molecule has 2 aromatic rings. The molecule has 0 spiro atoms. The Hall–Kier alpha value is -1.90. The number of anilines is 1. The second-order valence-electron chi connectivity index (χ2n) is 5.49. The first kappa shape index (κ1) is 14.5. The third kappa shape index (κ3) is 2.82. The van der Waals surface area contributed by atoms with E-state index in [0.29, 0.717) is 5.92 Å². The predicted octanol–water partition coefficient (Wildman–Crippen LogP) is 4.32. The molecule has 1 aromatic heterocycles. The molecule has 3 nitrogen and oxygen atoms in total. The third-order valence-corrected chi connectivity index (χ3v) is 3.45. The van der Waals surface area contributed by atoms with Crippen LogP contribution in [0.5, 0.6) is 0 Å². The number of hydrogen-bond donors (Lipinski definition) is 1. The zero-order chi connectivity index (χ0) is 14.7. The predicted molar refractivity (Wildman–Crippen MR) is 85.2 cm³/mol. The van der Waals surface area contributed by atoms with Crippen LogP contribution >= 0.6 is 0 Å². The maximum Gasteiger partial charge on any atom is 0.133 e. The van der Waals surface area contributed by atoms with Gasteiger partial charge in [-0.2, -0.15) is 0 Å². The van der Waals surface area contributed by atoms with Gasteiger partial charge in [-0.25, -0.2) is 9.97 Å². The fourth-order valence-electron chi connectivity index (χ4n) is 2.46. The Morgan fingerprint density at radius 3 is 2.55 bits per heavy atom. The summed E-state index contributed by atoms with van der Waals surface area (Å²) in [6.45, 7) is 11.6. The van der Waals surface area contributed by atoms with Crippen molar-refractivity contribution in [2.24, 2.45) is 0 Å². The smallest absolute Gasteiger partial charge is 0.133 e. The van der Waals surface area contributed by atoms with Crippen molar-refractivity contribution in [1.82, 2.24) is 9.97 Å². The average Bonchev–Trinajstić information content (AvgIpc) is 2.41. The van der Waals surface area contributed by atoms with Gasteiger partial charge in [-0.3, -0.25) is 0 Å². The van der Waals surface area contributed by atoms with Gasteiger partial charge in [0.15, 0.2) is 0 Å². The van der Waals surface area contributed by atoms with Crippen molar-refractivity contribution in [3.8, 4) is 11.3 Å². The molecule has 0 atom stereocenters. The fraction of sp³-hybridized carbons (Fsp3) is 0.412. The molecule has 1 N–H and O–H groups in total. The molecule has 106 valence electrons. The summed E-state index contributed by atoms with van der Waals surface area (Å²) in [5.41, 5.74) is 5.95. The van der Waals surface area contributed by atoms with E-state index in [0.717, 1.165) is 18.1 Å². The van der Waals surface area contributed by atoms with Crippen molar-refractivity contribution in [3.63, 3.8) is 0 Å². The minimum absolute atomic E-state index is 0.375. The molecule has 0 aliphatic heterocycles. The number of hydrogen-bond acceptors (Lipinski definition) is 3. The van der Waals surface area contributed by atoms with Crippen LogP contribution in [-0.4, -0.2) is 16.5 Å². The first-order valence-electron chi connectivity index (χ1n) is 7.21. The minimum Gasteiger partial charge on any atom is -0.370 e. The van der Waals surface area contributed by atoms with Crippen LogP contribution in [0.15, 0.2) is 24.5 Å². The standard InChI is InChI=1S/C17H23N3/c1-6-18-17-15(11(2)3)16(19-10-20-17)14-9-12(4)7-8-13(14)5/h7-11H,6H2,1-5H3,(H,18,19,20). The lowest BCUT2D eigenvalue weighted by atomic mass is 9.94. The molecule has 2 rings (SSSR count). The summed E-state index contributed by atoms with van der Waals surface area (Å²) in [7, 11) is 0. The molecule has 0 saturated carbocycles. The monoisotopic (exact) mass is 269 g/mol. The first-order valence-corrected chi connectivity index (χ1v) is 7.21. The van der Waals surface area contributed by atoms with Crippen LogP contribution in [0.1, 0.15) is 43.4 Å². The van der Waals surface area contributed by atoms with Gasteiger partial charge >= 0.3 is 0 Å². The molecule has 1 heterocycles. The number of aromatic nitrogens is 2. The first-order chi connectivity index (χ1) is 9.54. The van der Waals surface area contributed by atoms with Gasteiger partial charge in [-0.1, -0.05) is 31.5 Å². The summed E-state index contributed by atoms with van der Waals surface area (Å²) in [5.74, 6) is 1.33. The van der Waals surface area contributed by atoms with Gasteiger partial charge in [0.05, 0.1) is 5.69 Å². The van der Waals surface area contributed by atoms with Gasteiger partial charge in [-0.15, -0.1) is 0 Å².